The quantitative estimate of drug-likeness (QED) is 0.658. The first-order chi connectivity index (χ1) is 8.65. The number of aromatic nitrogens is 2. The topological polar surface area (TPSA) is 38.9 Å². The molecule has 2 aromatic heterocycles. The molecule has 3 aromatic rings. The Morgan fingerprint density at radius 1 is 1.22 bits per heavy atom. The third-order valence-corrected chi connectivity index (χ3v) is 3.28. The molecule has 0 bridgehead atoms. The minimum atomic E-state index is 0.562. The zero-order chi connectivity index (χ0) is 12.7. The van der Waals surface area contributed by atoms with Gasteiger partial charge in [-0.15, -0.1) is 0 Å². The summed E-state index contributed by atoms with van der Waals surface area (Å²) in [4.78, 5) is 8.55. The van der Waals surface area contributed by atoms with Gasteiger partial charge in [0.15, 0.2) is 11.2 Å². The molecule has 0 aliphatic carbocycles. The van der Waals surface area contributed by atoms with Crippen LogP contribution in [0.4, 0.5) is 0 Å². The molecule has 3 nitrogen and oxygen atoms in total. The smallest absolute Gasteiger partial charge is 0.229 e. The Morgan fingerprint density at radius 3 is 2.83 bits per heavy atom. The molecule has 2 heterocycles. The van der Waals surface area contributed by atoms with Gasteiger partial charge in [0.1, 0.15) is 0 Å². The molecule has 0 saturated heterocycles. The minimum absolute atomic E-state index is 0.562. The van der Waals surface area contributed by atoms with Crippen molar-refractivity contribution in [2.24, 2.45) is 0 Å². The van der Waals surface area contributed by atoms with Gasteiger partial charge in [0.25, 0.3) is 0 Å². The zero-order valence-electron chi connectivity index (χ0n) is 10.1. The minimum Gasteiger partial charge on any atom is -0.434 e. The number of rotatable bonds is 1. The molecule has 1 aromatic carbocycles. The zero-order valence-corrected chi connectivity index (χ0v) is 10.8. The number of aryl methyl sites for hydroxylation is 1. The fraction of sp³-hybridized carbons (Fsp3) is 0.143. The predicted molar refractivity (Wildman–Crippen MR) is 71.7 cm³/mol. The Morgan fingerprint density at radius 2 is 2.06 bits per heavy atom. The first-order valence-corrected chi connectivity index (χ1v) is 6.01. The van der Waals surface area contributed by atoms with E-state index in [4.69, 9.17) is 16.0 Å². The first kappa shape index (κ1) is 11.2. The molecule has 0 aliphatic rings. The predicted octanol–water partition coefficient (Wildman–Crippen LogP) is 4.16. The van der Waals surface area contributed by atoms with Crippen LogP contribution in [0.5, 0.6) is 0 Å². The second-order valence-electron chi connectivity index (χ2n) is 4.26. The van der Waals surface area contributed by atoms with Crippen LogP contribution < -0.4 is 0 Å². The van der Waals surface area contributed by atoms with E-state index in [2.05, 4.69) is 9.97 Å². The van der Waals surface area contributed by atoms with Crippen molar-refractivity contribution in [1.82, 2.24) is 9.97 Å². The van der Waals surface area contributed by atoms with Gasteiger partial charge < -0.3 is 4.42 Å². The normalized spacial score (nSPS) is 11.1. The number of halogens is 1. The molecular formula is C14H11ClN2O. The Labute approximate surface area is 109 Å². The van der Waals surface area contributed by atoms with Crippen molar-refractivity contribution in [3.05, 3.63) is 46.6 Å². The van der Waals surface area contributed by atoms with Crippen LogP contribution in [-0.4, -0.2) is 9.97 Å². The van der Waals surface area contributed by atoms with E-state index in [-0.39, 0.29) is 0 Å². The van der Waals surface area contributed by atoms with Crippen molar-refractivity contribution in [3.63, 3.8) is 0 Å². The van der Waals surface area contributed by atoms with E-state index < -0.39 is 0 Å². The molecular weight excluding hydrogens is 248 g/mol. The standard InChI is InChI=1S/C14H11ClN2O/c1-8-6-10(9(2)11(15)7-8)14-17-13-12(18-14)4-3-5-16-13/h3-7H,1-2H3. The van der Waals surface area contributed by atoms with E-state index in [0.29, 0.717) is 17.1 Å². The molecule has 0 aliphatic heterocycles. The van der Waals surface area contributed by atoms with Gasteiger partial charge in [-0.2, -0.15) is 4.98 Å². The Hall–Kier alpha value is -1.87. The van der Waals surface area contributed by atoms with Crippen LogP contribution in [0.3, 0.4) is 0 Å². The van der Waals surface area contributed by atoms with Crippen molar-refractivity contribution >= 4 is 22.8 Å². The maximum atomic E-state index is 6.18. The molecule has 0 spiro atoms. The van der Waals surface area contributed by atoms with Crippen LogP contribution in [-0.2, 0) is 0 Å². The fourth-order valence-electron chi connectivity index (χ4n) is 1.92. The number of oxazole rings is 1. The Kier molecular flexibility index (Phi) is 2.56. The van der Waals surface area contributed by atoms with E-state index in [0.717, 1.165) is 21.7 Å². The average Bonchev–Trinajstić information content (AvgIpc) is 2.77. The average molecular weight is 259 g/mol. The number of nitrogens with zero attached hydrogens (tertiary/aromatic N) is 2. The van der Waals surface area contributed by atoms with Crippen molar-refractivity contribution in [3.8, 4) is 11.5 Å². The summed E-state index contributed by atoms with van der Waals surface area (Å²) in [5.41, 5.74) is 4.26. The van der Waals surface area contributed by atoms with E-state index in [1.54, 1.807) is 6.20 Å². The molecule has 3 rings (SSSR count). The van der Waals surface area contributed by atoms with Crippen LogP contribution in [0.2, 0.25) is 5.02 Å². The summed E-state index contributed by atoms with van der Waals surface area (Å²) < 4.78 is 5.71. The molecule has 0 N–H and O–H groups in total. The molecule has 18 heavy (non-hydrogen) atoms. The van der Waals surface area contributed by atoms with E-state index in [1.807, 2.05) is 38.1 Å². The Balaban J connectivity index is 2.26. The van der Waals surface area contributed by atoms with Crippen LogP contribution in [0.25, 0.3) is 22.7 Å². The number of pyridine rings is 1. The third-order valence-electron chi connectivity index (χ3n) is 2.88. The maximum absolute atomic E-state index is 6.18. The summed E-state index contributed by atoms with van der Waals surface area (Å²) in [6.45, 7) is 3.95. The second kappa shape index (κ2) is 4.10. The van der Waals surface area contributed by atoms with Crippen molar-refractivity contribution in [1.29, 1.82) is 0 Å². The third kappa shape index (κ3) is 1.77. The summed E-state index contributed by atoms with van der Waals surface area (Å²) >= 11 is 6.18. The lowest BCUT2D eigenvalue weighted by Crippen LogP contribution is -1.87. The molecule has 0 radical (unpaired) electrons. The lowest BCUT2D eigenvalue weighted by atomic mass is 10.1. The second-order valence-corrected chi connectivity index (χ2v) is 4.67. The van der Waals surface area contributed by atoms with Gasteiger partial charge in [0, 0.05) is 16.8 Å². The van der Waals surface area contributed by atoms with Crippen LogP contribution in [0, 0.1) is 13.8 Å². The molecule has 0 saturated carbocycles. The summed E-state index contributed by atoms with van der Waals surface area (Å²) in [5, 5.41) is 0.722. The van der Waals surface area contributed by atoms with Crippen LogP contribution >= 0.6 is 11.6 Å². The van der Waals surface area contributed by atoms with Crippen molar-refractivity contribution in [2.75, 3.05) is 0 Å². The fourth-order valence-corrected chi connectivity index (χ4v) is 2.19. The number of hydrogen-bond donors (Lipinski definition) is 0. The van der Waals surface area contributed by atoms with Crippen LogP contribution in [0.15, 0.2) is 34.9 Å². The maximum Gasteiger partial charge on any atom is 0.229 e. The SMILES string of the molecule is Cc1cc(Cl)c(C)c(-c2nc3ncccc3o2)c1. The highest BCUT2D eigenvalue weighted by Crippen LogP contribution is 2.31. The van der Waals surface area contributed by atoms with Gasteiger partial charge in [-0.3, -0.25) is 0 Å². The number of fused-ring (bicyclic) bond motifs is 1. The van der Waals surface area contributed by atoms with Gasteiger partial charge in [-0.05, 0) is 49.2 Å². The summed E-state index contributed by atoms with van der Waals surface area (Å²) in [7, 11) is 0. The van der Waals surface area contributed by atoms with E-state index in [9.17, 15) is 0 Å². The lowest BCUT2D eigenvalue weighted by Gasteiger charge is -2.05. The van der Waals surface area contributed by atoms with E-state index in [1.165, 1.54) is 0 Å². The Bertz CT molecular complexity index is 701. The molecule has 90 valence electrons. The first-order valence-electron chi connectivity index (χ1n) is 5.64. The van der Waals surface area contributed by atoms with Gasteiger partial charge in [-0.25, -0.2) is 4.98 Å². The van der Waals surface area contributed by atoms with Gasteiger partial charge in [0.05, 0.1) is 0 Å². The van der Waals surface area contributed by atoms with Gasteiger partial charge >= 0.3 is 0 Å². The highest BCUT2D eigenvalue weighted by molar-refractivity contribution is 6.31. The monoisotopic (exact) mass is 258 g/mol. The summed E-state index contributed by atoms with van der Waals surface area (Å²) in [6.07, 6.45) is 1.70. The molecule has 0 amide bonds. The van der Waals surface area contributed by atoms with Crippen molar-refractivity contribution in [2.45, 2.75) is 13.8 Å². The number of benzene rings is 1. The molecule has 4 heteroatoms. The summed E-state index contributed by atoms with van der Waals surface area (Å²) in [6, 6.07) is 7.63. The molecule has 0 unspecified atom stereocenters. The van der Waals surface area contributed by atoms with E-state index >= 15 is 0 Å². The van der Waals surface area contributed by atoms with Crippen molar-refractivity contribution < 1.29 is 4.42 Å². The summed E-state index contributed by atoms with van der Waals surface area (Å²) in [5.74, 6) is 0.562. The van der Waals surface area contributed by atoms with Gasteiger partial charge in [-0.1, -0.05) is 11.6 Å². The highest BCUT2D eigenvalue weighted by atomic mass is 35.5. The van der Waals surface area contributed by atoms with Gasteiger partial charge in [0.2, 0.25) is 5.89 Å². The molecule has 0 atom stereocenters. The largest absolute Gasteiger partial charge is 0.434 e. The lowest BCUT2D eigenvalue weighted by molar-refractivity contribution is 0.619. The van der Waals surface area contributed by atoms with Crippen LogP contribution in [0.1, 0.15) is 11.1 Å². The number of hydrogen-bond acceptors (Lipinski definition) is 3. The highest BCUT2D eigenvalue weighted by Gasteiger charge is 2.13. The molecule has 0 fully saturated rings.